The number of hydrogen-bond acceptors (Lipinski definition) is 2. The number of halogens is 2. The Labute approximate surface area is 115 Å². The van der Waals surface area contributed by atoms with Crippen molar-refractivity contribution in [3.8, 4) is 0 Å². The lowest BCUT2D eigenvalue weighted by molar-refractivity contribution is -0.120. The number of anilines is 1. The van der Waals surface area contributed by atoms with Gasteiger partial charge >= 0.3 is 6.03 Å². The summed E-state index contributed by atoms with van der Waals surface area (Å²) < 4.78 is 1.89. The Kier molecular flexibility index (Phi) is 3.48. The van der Waals surface area contributed by atoms with E-state index in [2.05, 4.69) is 43.8 Å². The molecule has 0 radical (unpaired) electrons. The molecule has 2 rings (SSSR count). The number of nitrogens with zero attached hydrogens (tertiary/aromatic N) is 1. The summed E-state index contributed by atoms with van der Waals surface area (Å²) in [5.41, 5.74) is 0.819. The van der Waals surface area contributed by atoms with Crippen molar-refractivity contribution in [2.45, 2.75) is 6.42 Å². The van der Waals surface area contributed by atoms with E-state index < -0.39 is 0 Å². The van der Waals surface area contributed by atoms with E-state index in [-0.39, 0.29) is 11.9 Å². The topological polar surface area (TPSA) is 49.4 Å². The molecule has 0 saturated carbocycles. The van der Waals surface area contributed by atoms with Gasteiger partial charge in [-0.2, -0.15) is 0 Å². The largest absolute Gasteiger partial charge is 0.328 e. The molecule has 1 aliphatic rings. The minimum Gasteiger partial charge on any atom is -0.293 e. The molecule has 1 fully saturated rings. The number of carbonyl (C=O) groups is 2. The van der Waals surface area contributed by atoms with Crippen molar-refractivity contribution in [3.05, 3.63) is 26.2 Å². The van der Waals surface area contributed by atoms with Gasteiger partial charge in [-0.1, -0.05) is 15.9 Å². The van der Waals surface area contributed by atoms with Crippen molar-refractivity contribution >= 4 is 56.1 Å². The summed E-state index contributed by atoms with van der Waals surface area (Å²) in [5.74, 6) is -0.216. The van der Waals surface area contributed by atoms with Gasteiger partial charge in [0.05, 0.1) is 5.69 Å². The van der Waals surface area contributed by atoms with Crippen LogP contribution in [-0.2, 0) is 4.79 Å². The molecule has 0 atom stereocenters. The Balaban J connectivity index is 2.33. The van der Waals surface area contributed by atoms with Gasteiger partial charge in [0.1, 0.15) is 0 Å². The van der Waals surface area contributed by atoms with Crippen LogP contribution in [0.2, 0.25) is 0 Å². The number of amides is 3. The molecule has 1 aromatic carbocycles. The smallest absolute Gasteiger partial charge is 0.293 e. The molecule has 0 spiro atoms. The van der Waals surface area contributed by atoms with Crippen LogP contribution in [0.15, 0.2) is 22.7 Å². The maximum Gasteiger partial charge on any atom is 0.328 e. The van der Waals surface area contributed by atoms with Crippen LogP contribution in [-0.4, -0.2) is 18.5 Å². The number of hydrogen-bond donors (Lipinski definition) is 1. The van der Waals surface area contributed by atoms with Crippen LogP contribution in [0.3, 0.4) is 0 Å². The highest BCUT2D eigenvalue weighted by molar-refractivity contribution is 14.1. The van der Waals surface area contributed by atoms with Crippen LogP contribution in [0.4, 0.5) is 10.5 Å². The zero-order chi connectivity index (χ0) is 11.7. The van der Waals surface area contributed by atoms with Crippen LogP contribution in [0, 0.1) is 3.57 Å². The fraction of sp³-hybridized carbons (Fsp3) is 0.200. The molecule has 4 nitrogen and oxygen atoms in total. The van der Waals surface area contributed by atoms with E-state index in [1.807, 2.05) is 18.2 Å². The summed E-state index contributed by atoms with van der Waals surface area (Å²) in [6.07, 6.45) is 0.342. The lowest BCUT2D eigenvalue weighted by atomic mass is 10.2. The zero-order valence-corrected chi connectivity index (χ0v) is 11.9. The quantitative estimate of drug-likeness (QED) is 0.744. The summed E-state index contributed by atoms with van der Waals surface area (Å²) >= 11 is 5.53. The third kappa shape index (κ3) is 2.37. The number of urea groups is 1. The SMILES string of the molecule is O=C1CCN(c2cc(Br)ccc2I)C(=O)N1. The third-order valence-electron chi connectivity index (χ3n) is 2.25. The maximum absolute atomic E-state index is 11.6. The minimum absolute atomic E-state index is 0.216. The molecule has 0 aromatic heterocycles. The number of nitrogens with one attached hydrogen (secondary N) is 1. The van der Waals surface area contributed by atoms with Gasteiger partial charge in [-0.25, -0.2) is 4.79 Å². The fourth-order valence-corrected chi connectivity index (χ4v) is 2.46. The van der Waals surface area contributed by atoms with Crippen LogP contribution >= 0.6 is 38.5 Å². The first-order valence-corrected chi connectivity index (χ1v) is 6.51. The summed E-state index contributed by atoms with van der Waals surface area (Å²) in [7, 11) is 0. The van der Waals surface area contributed by atoms with Gasteiger partial charge < -0.3 is 0 Å². The van der Waals surface area contributed by atoms with Gasteiger partial charge in [-0.3, -0.25) is 15.0 Å². The average Bonchev–Trinajstić information content (AvgIpc) is 2.22. The van der Waals surface area contributed by atoms with E-state index in [0.29, 0.717) is 13.0 Å². The molecule has 0 bridgehead atoms. The van der Waals surface area contributed by atoms with E-state index in [0.717, 1.165) is 13.7 Å². The molecular formula is C10H8BrIN2O2. The number of carbonyl (C=O) groups excluding carboxylic acids is 2. The summed E-state index contributed by atoms with van der Waals surface area (Å²) in [6.45, 7) is 0.428. The zero-order valence-electron chi connectivity index (χ0n) is 8.17. The fourth-order valence-electron chi connectivity index (χ4n) is 1.49. The van der Waals surface area contributed by atoms with Crippen molar-refractivity contribution < 1.29 is 9.59 Å². The number of benzene rings is 1. The molecule has 0 unspecified atom stereocenters. The van der Waals surface area contributed by atoms with Gasteiger partial charge in [0.25, 0.3) is 0 Å². The summed E-state index contributed by atoms with van der Waals surface area (Å²) in [4.78, 5) is 24.3. The predicted octanol–water partition coefficient (Wildman–Crippen LogP) is 2.50. The first-order valence-electron chi connectivity index (χ1n) is 4.64. The summed E-state index contributed by atoms with van der Waals surface area (Å²) in [6, 6.07) is 5.35. The van der Waals surface area contributed by atoms with Gasteiger partial charge in [-0.15, -0.1) is 0 Å². The predicted molar refractivity (Wildman–Crippen MR) is 72.4 cm³/mol. The Morgan fingerprint density at radius 3 is 2.81 bits per heavy atom. The van der Waals surface area contributed by atoms with E-state index in [9.17, 15) is 9.59 Å². The standard InChI is InChI=1S/C10H8BrIN2O2/c11-6-1-2-7(12)8(5-6)14-4-3-9(15)13-10(14)16/h1-2,5H,3-4H2,(H,13,15,16). The van der Waals surface area contributed by atoms with Crippen molar-refractivity contribution in [1.29, 1.82) is 0 Å². The Morgan fingerprint density at radius 2 is 2.12 bits per heavy atom. The Bertz CT molecular complexity index is 464. The van der Waals surface area contributed by atoms with Crippen molar-refractivity contribution in [2.24, 2.45) is 0 Å². The molecule has 16 heavy (non-hydrogen) atoms. The highest BCUT2D eigenvalue weighted by atomic mass is 127. The van der Waals surface area contributed by atoms with Crippen LogP contribution in [0.1, 0.15) is 6.42 Å². The maximum atomic E-state index is 11.6. The molecule has 84 valence electrons. The number of imide groups is 1. The molecule has 1 aliphatic heterocycles. The van der Waals surface area contributed by atoms with E-state index in [4.69, 9.17) is 0 Å². The molecule has 6 heteroatoms. The monoisotopic (exact) mass is 394 g/mol. The minimum atomic E-state index is -0.354. The molecule has 1 saturated heterocycles. The summed E-state index contributed by atoms with van der Waals surface area (Å²) in [5, 5.41) is 2.30. The lowest BCUT2D eigenvalue weighted by Crippen LogP contribution is -2.49. The normalized spacial score (nSPS) is 16.2. The molecule has 1 heterocycles. The van der Waals surface area contributed by atoms with Crippen LogP contribution in [0.25, 0.3) is 0 Å². The Hall–Kier alpha value is -0.630. The first-order chi connectivity index (χ1) is 7.58. The second-order valence-corrected chi connectivity index (χ2v) is 5.43. The second-order valence-electron chi connectivity index (χ2n) is 3.35. The molecule has 1 aromatic rings. The van der Waals surface area contributed by atoms with Crippen LogP contribution < -0.4 is 10.2 Å². The van der Waals surface area contributed by atoms with Crippen LogP contribution in [0.5, 0.6) is 0 Å². The highest BCUT2D eigenvalue weighted by Crippen LogP contribution is 2.27. The Morgan fingerprint density at radius 1 is 1.38 bits per heavy atom. The van der Waals surface area contributed by atoms with E-state index in [1.54, 1.807) is 4.90 Å². The molecular weight excluding hydrogens is 387 g/mol. The van der Waals surface area contributed by atoms with Gasteiger partial charge in [-0.05, 0) is 40.8 Å². The van der Waals surface area contributed by atoms with Crippen molar-refractivity contribution in [2.75, 3.05) is 11.4 Å². The molecule has 0 aliphatic carbocycles. The van der Waals surface area contributed by atoms with Gasteiger partial charge in [0, 0.05) is 21.0 Å². The highest BCUT2D eigenvalue weighted by Gasteiger charge is 2.25. The van der Waals surface area contributed by atoms with E-state index >= 15 is 0 Å². The lowest BCUT2D eigenvalue weighted by Gasteiger charge is -2.27. The molecule has 3 amide bonds. The van der Waals surface area contributed by atoms with Gasteiger partial charge in [0.2, 0.25) is 5.91 Å². The van der Waals surface area contributed by atoms with Crippen molar-refractivity contribution in [1.82, 2.24) is 5.32 Å². The van der Waals surface area contributed by atoms with Crippen molar-refractivity contribution in [3.63, 3.8) is 0 Å². The average molecular weight is 395 g/mol. The third-order valence-corrected chi connectivity index (χ3v) is 3.66. The second kappa shape index (κ2) is 4.70. The number of rotatable bonds is 1. The first kappa shape index (κ1) is 11.8. The van der Waals surface area contributed by atoms with Gasteiger partial charge in [0.15, 0.2) is 0 Å². The molecule has 1 N–H and O–H groups in total. The van der Waals surface area contributed by atoms with E-state index in [1.165, 1.54) is 0 Å².